The predicted octanol–water partition coefficient (Wildman–Crippen LogP) is 3.92. The van der Waals surface area contributed by atoms with Gasteiger partial charge in [-0.3, -0.25) is 4.68 Å². The lowest BCUT2D eigenvalue weighted by atomic mass is 9.81. The van der Waals surface area contributed by atoms with Crippen LogP contribution in [0.1, 0.15) is 67.7 Å². The third-order valence-electron chi connectivity index (χ3n) is 4.20. The lowest BCUT2D eigenvalue weighted by Gasteiger charge is -2.54. The molecule has 0 spiro atoms. The zero-order chi connectivity index (χ0) is 18.9. The van der Waals surface area contributed by atoms with E-state index in [-0.39, 0.29) is 11.1 Å². The third-order valence-corrected chi connectivity index (χ3v) is 4.20. The Morgan fingerprint density at radius 2 is 1.48 bits per heavy atom. The van der Waals surface area contributed by atoms with Crippen molar-refractivity contribution in [2.45, 2.75) is 78.8 Å². The number of piperidine rings is 1. The summed E-state index contributed by atoms with van der Waals surface area (Å²) in [6.07, 6.45) is 14.6. The van der Waals surface area contributed by atoms with Gasteiger partial charge < -0.3 is 9.85 Å². The molecule has 1 aliphatic rings. The summed E-state index contributed by atoms with van der Waals surface area (Å²) in [5, 5.41) is 2.45. The molecule has 0 amide bonds. The van der Waals surface area contributed by atoms with Crippen molar-refractivity contribution >= 4 is 0 Å². The summed E-state index contributed by atoms with van der Waals surface area (Å²) < 4.78 is 3.71. The van der Waals surface area contributed by atoms with Crippen LogP contribution in [0.25, 0.3) is 0 Å². The van der Waals surface area contributed by atoms with Gasteiger partial charge in [-0.25, -0.2) is 9.97 Å². The molecule has 6 nitrogen and oxygen atoms in total. The number of hydrogen-bond donors (Lipinski definition) is 0. The first-order chi connectivity index (χ1) is 11.9. The second kappa shape index (κ2) is 9.49. The van der Waals surface area contributed by atoms with Crippen LogP contribution in [0, 0.1) is 0 Å². The fraction of sp³-hybridized carbons (Fsp3) is 0.684. The van der Waals surface area contributed by atoms with E-state index in [1.54, 1.807) is 23.5 Å². The van der Waals surface area contributed by atoms with Crippen molar-refractivity contribution < 1.29 is 4.84 Å². The Hall–Kier alpha value is -1.98. The van der Waals surface area contributed by atoms with Crippen molar-refractivity contribution in [2.75, 3.05) is 11.6 Å². The van der Waals surface area contributed by atoms with Crippen LogP contribution in [0.4, 0.5) is 0 Å². The highest BCUT2D eigenvalue weighted by Crippen LogP contribution is 2.36. The Labute approximate surface area is 152 Å². The maximum Gasteiger partial charge on any atom is 0.131 e. The number of imidazole rings is 2. The second-order valence-corrected chi connectivity index (χ2v) is 7.07. The summed E-state index contributed by atoms with van der Waals surface area (Å²) in [6, 6.07) is 0. The van der Waals surface area contributed by atoms with Crippen LogP contribution in [0.15, 0.2) is 37.4 Å². The molecule has 0 atom stereocenters. The second-order valence-electron chi connectivity index (χ2n) is 7.07. The van der Waals surface area contributed by atoms with Crippen molar-refractivity contribution in [3.05, 3.63) is 37.4 Å². The first kappa shape index (κ1) is 21.1. The van der Waals surface area contributed by atoms with E-state index in [0.29, 0.717) is 6.61 Å². The highest BCUT2D eigenvalue weighted by Gasteiger charge is 2.41. The average Bonchev–Trinajstić information content (AvgIpc) is 3.22. The highest BCUT2D eigenvalue weighted by atomic mass is 16.7. The van der Waals surface area contributed by atoms with E-state index in [1.807, 2.05) is 39.5 Å². The summed E-state index contributed by atoms with van der Waals surface area (Å²) in [5.74, 6) is 0. The number of hydrogen-bond acceptors (Lipinski definition) is 4. The maximum atomic E-state index is 5.00. The Kier molecular flexibility index (Phi) is 8.00. The van der Waals surface area contributed by atoms with Gasteiger partial charge in [-0.15, -0.1) is 0 Å². The van der Waals surface area contributed by atoms with E-state index in [0.717, 1.165) is 0 Å². The molecular formula is C19H35N5O. The summed E-state index contributed by atoms with van der Waals surface area (Å²) in [6.45, 7) is 15.9. The van der Waals surface area contributed by atoms with Crippen molar-refractivity contribution in [3.8, 4) is 0 Å². The fourth-order valence-electron chi connectivity index (χ4n) is 3.45. The van der Waals surface area contributed by atoms with E-state index < -0.39 is 0 Å². The Bertz CT molecular complexity index is 545. The van der Waals surface area contributed by atoms with Crippen LogP contribution in [0.5, 0.6) is 0 Å². The molecule has 1 saturated heterocycles. The van der Waals surface area contributed by atoms with Gasteiger partial charge in [0.1, 0.15) is 19.3 Å². The summed E-state index contributed by atoms with van der Waals surface area (Å²) in [4.78, 5) is 12.9. The van der Waals surface area contributed by atoms with Crippen LogP contribution in [-0.4, -0.2) is 37.1 Å². The van der Waals surface area contributed by atoms with E-state index in [1.165, 1.54) is 19.3 Å². The van der Waals surface area contributed by atoms with Crippen molar-refractivity contribution in [3.63, 3.8) is 0 Å². The molecule has 0 unspecified atom stereocenters. The zero-order valence-electron chi connectivity index (χ0n) is 16.9. The monoisotopic (exact) mass is 349 g/mol. The van der Waals surface area contributed by atoms with E-state index >= 15 is 0 Å². The Morgan fingerprint density at radius 3 is 1.92 bits per heavy atom. The van der Waals surface area contributed by atoms with Crippen molar-refractivity contribution in [2.24, 2.45) is 0 Å². The van der Waals surface area contributed by atoms with Crippen LogP contribution in [0.2, 0.25) is 0 Å². The van der Waals surface area contributed by atoms with Gasteiger partial charge in [0.15, 0.2) is 0 Å². The third kappa shape index (κ3) is 5.80. The number of rotatable bonds is 3. The molecule has 1 aliphatic heterocycles. The summed E-state index contributed by atoms with van der Waals surface area (Å²) >= 11 is 0. The molecule has 0 aliphatic carbocycles. The maximum absolute atomic E-state index is 5.00. The summed E-state index contributed by atoms with van der Waals surface area (Å²) in [5.41, 5.74) is 0.422. The minimum Gasteiger partial charge on any atom is -0.413 e. The minimum atomic E-state index is 0.211. The van der Waals surface area contributed by atoms with Gasteiger partial charge >= 0.3 is 0 Å². The topological polar surface area (TPSA) is 48.1 Å². The van der Waals surface area contributed by atoms with Crippen molar-refractivity contribution in [1.82, 2.24) is 19.4 Å². The van der Waals surface area contributed by atoms with Crippen LogP contribution < -0.4 is 9.85 Å². The molecule has 2 aromatic heterocycles. The molecule has 2 aromatic rings. The highest BCUT2D eigenvalue weighted by molar-refractivity contribution is 5.14. The number of nitrogens with zero attached hydrogens (tertiary/aromatic N) is 5. The quantitative estimate of drug-likeness (QED) is 0.843. The van der Waals surface area contributed by atoms with Gasteiger partial charge in [-0.05, 0) is 53.9 Å². The Balaban J connectivity index is 0.000000264. The summed E-state index contributed by atoms with van der Waals surface area (Å²) in [7, 11) is 0. The molecule has 6 heteroatoms. The van der Waals surface area contributed by atoms with Gasteiger partial charge in [0.25, 0.3) is 0 Å². The molecule has 142 valence electrons. The van der Waals surface area contributed by atoms with E-state index in [4.69, 9.17) is 4.84 Å². The molecule has 3 heterocycles. The normalized spacial score (nSPS) is 17.6. The first-order valence-corrected chi connectivity index (χ1v) is 9.26. The van der Waals surface area contributed by atoms with E-state index in [2.05, 4.69) is 47.3 Å². The largest absolute Gasteiger partial charge is 0.413 e. The fourth-order valence-corrected chi connectivity index (χ4v) is 3.45. The molecule has 0 saturated carbocycles. The van der Waals surface area contributed by atoms with Gasteiger partial charge in [0, 0.05) is 18.6 Å². The van der Waals surface area contributed by atoms with Crippen LogP contribution >= 0.6 is 0 Å². The predicted molar refractivity (Wildman–Crippen MR) is 103 cm³/mol. The molecule has 3 rings (SSSR count). The van der Waals surface area contributed by atoms with Crippen molar-refractivity contribution in [1.29, 1.82) is 0 Å². The van der Waals surface area contributed by atoms with Gasteiger partial charge in [-0.2, -0.15) is 4.73 Å². The molecule has 0 aromatic carbocycles. The molecule has 0 bridgehead atoms. The molecule has 25 heavy (non-hydrogen) atoms. The van der Waals surface area contributed by atoms with Gasteiger partial charge in [0.05, 0.1) is 17.3 Å². The molecular weight excluding hydrogens is 314 g/mol. The molecule has 0 radical (unpaired) electrons. The van der Waals surface area contributed by atoms with Gasteiger partial charge in [-0.1, -0.05) is 13.8 Å². The zero-order valence-corrected chi connectivity index (χ0v) is 16.9. The van der Waals surface area contributed by atoms with Crippen LogP contribution in [0.3, 0.4) is 0 Å². The standard InChI is InChI=1S/C12H21N3.C5H8N2O.C2H6/c1-11(2)6-5-7-12(3,4)15(11)14-9-8-13-10-14;1-2-8-7-4-3-6-5-7;1-2/h8-10H,5-7H2,1-4H3;3-5H,2H2,1H3;1-2H3. The first-order valence-electron chi connectivity index (χ1n) is 9.26. The SMILES string of the molecule is CC.CC1(C)CCCC(C)(C)N1n1ccnc1.CCOn1ccnc1. The van der Waals surface area contributed by atoms with E-state index in [9.17, 15) is 0 Å². The lowest BCUT2D eigenvalue weighted by Crippen LogP contribution is -2.63. The Morgan fingerprint density at radius 1 is 0.920 bits per heavy atom. The molecule has 1 fully saturated rings. The number of aromatic nitrogens is 4. The lowest BCUT2D eigenvalue weighted by molar-refractivity contribution is 0.121. The smallest absolute Gasteiger partial charge is 0.131 e. The average molecular weight is 350 g/mol. The van der Waals surface area contributed by atoms with Crippen LogP contribution in [-0.2, 0) is 0 Å². The van der Waals surface area contributed by atoms with Gasteiger partial charge in [0.2, 0.25) is 0 Å². The minimum absolute atomic E-state index is 0.211. The molecule has 0 N–H and O–H groups in total.